The van der Waals surface area contributed by atoms with Gasteiger partial charge >= 0.3 is 0 Å². The first-order chi connectivity index (χ1) is 19.5. The number of nitrogens with one attached hydrogen (secondary N) is 3. The minimum Gasteiger partial charge on any atom is -0.379 e. The molecule has 4 aliphatic heterocycles. The number of alkyl halides is 1. The van der Waals surface area contributed by atoms with E-state index < -0.39 is 24.2 Å². The highest BCUT2D eigenvalue weighted by atomic mass is 19.1. The number of rotatable bonds is 6. The van der Waals surface area contributed by atoms with Crippen molar-refractivity contribution in [3.8, 4) is 0 Å². The largest absolute Gasteiger partial charge is 0.379 e. The number of hydrogen-bond donors (Lipinski definition) is 3. The van der Waals surface area contributed by atoms with Crippen molar-refractivity contribution >= 4 is 11.7 Å². The van der Waals surface area contributed by atoms with Gasteiger partial charge in [0.05, 0.1) is 49.1 Å². The van der Waals surface area contributed by atoms with Crippen molar-refractivity contribution in [1.29, 1.82) is 0 Å². The van der Waals surface area contributed by atoms with Crippen molar-refractivity contribution in [3.05, 3.63) is 11.8 Å². The van der Waals surface area contributed by atoms with Gasteiger partial charge in [-0.05, 0) is 59.8 Å². The zero-order valence-corrected chi connectivity index (χ0v) is 25.3. The Hall–Kier alpha value is -1.59. The lowest BCUT2D eigenvalue weighted by Gasteiger charge is -2.59. The van der Waals surface area contributed by atoms with E-state index in [0.29, 0.717) is 6.54 Å². The fourth-order valence-electron chi connectivity index (χ4n) is 8.89. The topological polar surface area (TPSA) is 95.2 Å². The highest BCUT2D eigenvalue weighted by Crippen LogP contribution is 2.45. The molecule has 41 heavy (non-hydrogen) atoms. The Kier molecular flexibility index (Phi) is 8.26. The molecule has 0 radical (unpaired) electrons. The highest BCUT2D eigenvalue weighted by molar-refractivity contribution is 6.20. The van der Waals surface area contributed by atoms with Crippen molar-refractivity contribution in [3.63, 3.8) is 0 Å². The maximum absolute atomic E-state index is 16.0. The lowest BCUT2D eigenvalue weighted by Crippen LogP contribution is -2.73. The number of fused-ring (bicyclic) bond motifs is 2. The lowest BCUT2D eigenvalue weighted by molar-refractivity contribution is -0.197. The van der Waals surface area contributed by atoms with Crippen LogP contribution >= 0.6 is 0 Å². The molecule has 0 aromatic heterocycles. The second-order valence-corrected chi connectivity index (χ2v) is 14.6. The summed E-state index contributed by atoms with van der Waals surface area (Å²) in [5, 5.41) is 10.4. The predicted octanol–water partition coefficient (Wildman–Crippen LogP) is 1.91. The van der Waals surface area contributed by atoms with E-state index in [2.05, 4.69) is 53.4 Å². The van der Waals surface area contributed by atoms with E-state index in [-0.39, 0.29) is 59.0 Å². The van der Waals surface area contributed by atoms with Crippen LogP contribution in [0.5, 0.6) is 0 Å². The zero-order valence-electron chi connectivity index (χ0n) is 25.3. The Morgan fingerprint density at radius 2 is 1.83 bits per heavy atom. The van der Waals surface area contributed by atoms with E-state index in [1.54, 1.807) is 0 Å². The third kappa shape index (κ3) is 6.09. The fourth-order valence-corrected chi connectivity index (χ4v) is 8.89. The molecule has 3 N–H and O–H groups in total. The molecule has 0 bridgehead atoms. The van der Waals surface area contributed by atoms with Crippen molar-refractivity contribution in [2.24, 2.45) is 5.92 Å². The number of halogens is 1. The van der Waals surface area contributed by atoms with E-state index in [4.69, 9.17) is 9.47 Å². The summed E-state index contributed by atoms with van der Waals surface area (Å²) >= 11 is 0. The molecule has 9 nitrogen and oxygen atoms in total. The van der Waals surface area contributed by atoms with Crippen LogP contribution in [0.2, 0.25) is 0 Å². The molecular weight excluding hydrogens is 525 g/mol. The predicted molar refractivity (Wildman–Crippen MR) is 154 cm³/mol. The summed E-state index contributed by atoms with van der Waals surface area (Å²) in [6.45, 7) is 13.3. The van der Waals surface area contributed by atoms with E-state index in [9.17, 15) is 9.59 Å². The molecule has 7 unspecified atom stereocenters. The van der Waals surface area contributed by atoms with Crippen molar-refractivity contribution in [2.45, 2.75) is 126 Å². The van der Waals surface area contributed by atoms with Gasteiger partial charge in [-0.25, -0.2) is 4.39 Å². The molecule has 0 spiro atoms. The van der Waals surface area contributed by atoms with Gasteiger partial charge in [0.2, 0.25) is 0 Å². The standard InChI is InChI=1S/C31H50FN5O4/c1-30(2)16-19(17-31(3,4)35-30)34-29(39)21-18-37-23-7-5-6-8-24(23)41-28-25(22(32)15-20(26(28)37)27(21)38)33-9-10-36-11-13-40-14-12-36/h18-20,22-26,28,33,35H,5-17H2,1-4H3,(H,34,39). The Labute approximate surface area is 244 Å². The molecule has 3 saturated heterocycles. The molecule has 2 saturated carbocycles. The van der Waals surface area contributed by atoms with E-state index in [0.717, 1.165) is 71.4 Å². The summed E-state index contributed by atoms with van der Waals surface area (Å²) in [5.74, 6) is -1.13. The number of nitrogens with zero attached hydrogens (tertiary/aromatic N) is 2. The zero-order chi connectivity index (χ0) is 28.9. The van der Waals surface area contributed by atoms with Crippen LogP contribution in [0.4, 0.5) is 4.39 Å². The van der Waals surface area contributed by atoms with Gasteiger partial charge < -0.3 is 30.3 Å². The maximum Gasteiger partial charge on any atom is 0.256 e. The molecular formula is C31H50FN5O4. The Morgan fingerprint density at radius 3 is 2.56 bits per heavy atom. The van der Waals surface area contributed by atoms with Gasteiger partial charge in [0, 0.05) is 55.4 Å². The van der Waals surface area contributed by atoms with E-state index in [1.807, 2.05) is 6.20 Å². The van der Waals surface area contributed by atoms with Crippen LogP contribution in [0.25, 0.3) is 0 Å². The number of morpholine rings is 2. The first kappa shape index (κ1) is 29.5. The van der Waals surface area contributed by atoms with E-state index >= 15 is 4.39 Å². The molecule has 230 valence electrons. The number of ether oxygens (including phenoxy) is 2. The highest BCUT2D eigenvalue weighted by Gasteiger charge is 2.58. The van der Waals surface area contributed by atoms with Crippen LogP contribution in [0, 0.1) is 5.92 Å². The molecule has 6 aliphatic rings. The van der Waals surface area contributed by atoms with Crippen LogP contribution in [-0.2, 0) is 19.1 Å². The summed E-state index contributed by atoms with van der Waals surface area (Å²) in [6.07, 6.45) is 5.92. The van der Waals surface area contributed by atoms with Gasteiger partial charge in [-0.2, -0.15) is 0 Å². The Bertz CT molecular complexity index is 1010. The van der Waals surface area contributed by atoms with Gasteiger partial charge in [0.15, 0.2) is 5.78 Å². The van der Waals surface area contributed by atoms with Crippen LogP contribution in [0.3, 0.4) is 0 Å². The second-order valence-electron chi connectivity index (χ2n) is 14.6. The number of Topliss-reactive ketones (excluding diaryl/α,β-unsaturated/α-hetero) is 1. The summed E-state index contributed by atoms with van der Waals surface area (Å²) in [5.41, 5.74) is -0.0647. The lowest BCUT2D eigenvalue weighted by atomic mass is 9.69. The van der Waals surface area contributed by atoms with Crippen LogP contribution in [0.15, 0.2) is 11.8 Å². The average molecular weight is 576 g/mol. The van der Waals surface area contributed by atoms with Gasteiger partial charge in [-0.15, -0.1) is 0 Å². The first-order valence-corrected chi connectivity index (χ1v) is 16.0. The second kappa shape index (κ2) is 11.5. The third-order valence-electron chi connectivity index (χ3n) is 10.3. The number of amides is 1. The Morgan fingerprint density at radius 1 is 1.12 bits per heavy atom. The molecule has 0 aromatic carbocycles. The normalized spacial score (nSPS) is 39.0. The quantitative estimate of drug-likeness (QED) is 0.414. The maximum atomic E-state index is 16.0. The molecule has 5 fully saturated rings. The molecule has 7 atom stereocenters. The first-order valence-electron chi connectivity index (χ1n) is 16.0. The summed E-state index contributed by atoms with van der Waals surface area (Å²) < 4.78 is 28.1. The summed E-state index contributed by atoms with van der Waals surface area (Å²) in [6, 6.07) is -0.646. The minimum absolute atomic E-state index is 0.0146. The SMILES string of the molecule is CC1(C)CC(NC(=O)C2=CN3C4CCCCC4OC4C(NCCN5CCOCC5)C(F)CC(C2=O)C43)CC(C)(C)N1. The molecule has 4 heterocycles. The number of hydrogen-bond acceptors (Lipinski definition) is 8. The van der Waals surface area contributed by atoms with Gasteiger partial charge in [-0.3, -0.25) is 14.5 Å². The van der Waals surface area contributed by atoms with Gasteiger partial charge in [0.1, 0.15) is 6.17 Å². The van der Waals surface area contributed by atoms with Gasteiger partial charge in [0.25, 0.3) is 5.91 Å². The fraction of sp³-hybridized carbons (Fsp3) is 0.871. The monoisotopic (exact) mass is 575 g/mol. The molecule has 1 amide bonds. The van der Waals surface area contributed by atoms with Crippen LogP contribution in [0.1, 0.15) is 72.6 Å². The Balaban J connectivity index is 1.22. The number of carbonyl (C=O) groups is 2. The van der Waals surface area contributed by atoms with Crippen LogP contribution in [-0.4, -0.2) is 115 Å². The smallest absolute Gasteiger partial charge is 0.256 e. The van der Waals surface area contributed by atoms with Crippen molar-refractivity contribution in [1.82, 2.24) is 25.8 Å². The van der Waals surface area contributed by atoms with Gasteiger partial charge in [-0.1, -0.05) is 12.8 Å². The van der Waals surface area contributed by atoms with Crippen molar-refractivity contribution in [2.75, 3.05) is 39.4 Å². The number of piperidine rings is 1. The number of carbonyl (C=O) groups excluding carboxylic acids is 2. The van der Waals surface area contributed by atoms with E-state index in [1.165, 1.54) is 0 Å². The molecule has 0 aromatic rings. The molecule has 6 rings (SSSR count). The van der Waals surface area contributed by atoms with Crippen LogP contribution < -0.4 is 16.0 Å². The number of ketones is 1. The summed E-state index contributed by atoms with van der Waals surface area (Å²) in [7, 11) is 0. The molecule has 10 heteroatoms. The molecule has 2 aliphatic carbocycles. The third-order valence-corrected chi connectivity index (χ3v) is 10.3. The van der Waals surface area contributed by atoms with Crippen molar-refractivity contribution < 1.29 is 23.5 Å². The average Bonchev–Trinajstić information content (AvgIpc) is 2.90. The summed E-state index contributed by atoms with van der Waals surface area (Å²) in [4.78, 5) is 32.3. The minimum atomic E-state index is -1.22.